The molecule has 7 nitrogen and oxygen atoms in total. The van der Waals surface area contributed by atoms with Gasteiger partial charge >= 0.3 is 0 Å². The molecule has 3 fully saturated rings. The Labute approximate surface area is 151 Å². The second-order valence-electron chi connectivity index (χ2n) is 8.14. The van der Waals surface area contributed by atoms with Crippen molar-refractivity contribution in [2.45, 2.75) is 32.0 Å². The van der Waals surface area contributed by atoms with Gasteiger partial charge in [-0.25, -0.2) is 0 Å². The van der Waals surface area contributed by atoms with Gasteiger partial charge in [-0.05, 0) is 23.6 Å². The molecule has 1 atom stereocenters. The molecule has 4 aliphatic rings. The molecular formula is C19H22N4O3. The number of likely N-dealkylation sites (tertiary alicyclic amines) is 1. The number of amides is 3. The van der Waals surface area contributed by atoms with Crippen molar-refractivity contribution >= 4 is 17.7 Å². The van der Waals surface area contributed by atoms with Gasteiger partial charge in [0.25, 0.3) is 5.91 Å². The second kappa shape index (κ2) is 5.62. The number of rotatable bonds is 3. The van der Waals surface area contributed by atoms with E-state index in [0.29, 0.717) is 23.9 Å². The van der Waals surface area contributed by atoms with Crippen molar-refractivity contribution < 1.29 is 14.4 Å². The fraction of sp³-hybridized carbons (Fsp3) is 0.526. The Hall–Kier alpha value is -2.25. The summed E-state index contributed by atoms with van der Waals surface area (Å²) in [5, 5.41) is 5.68. The first-order chi connectivity index (χ1) is 12.5. The average Bonchev–Trinajstić information content (AvgIpc) is 2.85. The van der Waals surface area contributed by atoms with Crippen LogP contribution < -0.4 is 10.6 Å². The highest BCUT2D eigenvalue weighted by molar-refractivity contribution is 6.05. The van der Waals surface area contributed by atoms with E-state index in [1.54, 1.807) is 4.90 Å². The van der Waals surface area contributed by atoms with Crippen LogP contribution in [-0.2, 0) is 22.7 Å². The molecule has 136 valence electrons. The first-order valence-electron chi connectivity index (χ1n) is 9.23. The lowest BCUT2D eigenvalue weighted by Gasteiger charge is -2.56. The van der Waals surface area contributed by atoms with Crippen LogP contribution in [0, 0.1) is 5.41 Å². The van der Waals surface area contributed by atoms with Gasteiger partial charge in [0.2, 0.25) is 11.8 Å². The maximum atomic E-state index is 12.8. The van der Waals surface area contributed by atoms with E-state index in [1.165, 1.54) is 0 Å². The Kier molecular flexibility index (Phi) is 3.45. The molecule has 5 rings (SSSR count). The largest absolute Gasteiger partial charge is 0.322 e. The molecule has 2 N–H and O–H groups in total. The number of fused-ring (bicyclic) bond motifs is 1. The van der Waals surface area contributed by atoms with Crippen molar-refractivity contribution in [2.24, 2.45) is 5.41 Å². The van der Waals surface area contributed by atoms with Crippen molar-refractivity contribution in [3.8, 4) is 0 Å². The molecule has 26 heavy (non-hydrogen) atoms. The van der Waals surface area contributed by atoms with Gasteiger partial charge in [0.15, 0.2) is 0 Å². The molecule has 3 saturated heterocycles. The fourth-order valence-corrected chi connectivity index (χ4v) is 4.67. The van der Waals surface area contributed by atoms with Gasteiger partial charge in [0.05, 0.1) is 0 Å². The van der Waals surface area contributed by atoms with Gasteiger partial charge in [-0.3, -0.25) is 24.6 Å². The number of nitrogens with zero attached hydrogens (tertiary/aromatic N) is 2. The summed E-state index contributed by atoms with van der Waals surface area (Å²) in [7, 11) is 0. The van der Waals surface area contributed by atoms with Crippen LogP contribution in [0.4, 0.5) is 0 Å². The van der Waals surface area contributed by atoms with Crippen LogP contribution in [0.1, 0.15) is 34.3 Å². The third kappa shape index (κ3) is 2.46. The molecule has 1 aromatic rings. The summed E-state index contributed by atoms with van der Waals surface area (Å²) in [4.78, 5) is 40.3. The molecular weight excluding hydrogens is 332 g/mol. The van der Waals surface area contributed by atoms with Gasteiger partial charge < -0.3 is 10.2 Å². The van der Waals surface area contributed by atoms with Gasteiger partial charge in [0.1, 0.15) is 6.04 Å². The molecule has 4 aliphatic heterocycles. The lowest BCUT2D eigenvalue weighted by atomic mass is 9.74. The van der Waals surface area contributed by atoms with Gasteiger partial charge in [-0.15, -0.1) is 0 Å². The number of carbonyl (C=O) groups is 3. The van der Waals surface area contributed by atoms with Crippen LogP contribution in [0.5, 0.6) is 0 Å². The number of piperidine rings is 1. The third-order valence-electron chi connectivity index (χ3n) is 6.12. The summed E-state index contributed by atoms with van der Waals surface area (Å²) < 4.78 is 0. The van der Waals surface area contributed by atoms with E-state index < -0.39 is 6.04 Å². The van der Waals surface area contributed by atoms with Crippen molar-refractivity contribution in [1.82, 2.24) is 20.4 Å². The third-order valence-corrected chi connectivity index (χ3v) is 6.12. The van der Waals surface area contributed by atoms with Crippen LogP contribution in [0.2, 0.25) is 0 Å². The average molecular weight is 354 g/mol. The minimum atomic E-state index is -0.544. The zero-order valence-electron chi connectivity index (χ0n) is 14.6. The molecule has 1 unspecified atom stereocenters. The number of hydrogen-bond donors (Lipinski definition) is 2. The van der Waals surface area contributed by atoms with Crippen LogP contribution in [0.15, 0.2) is 18.2 Å². The van der Waals surface area contributed by atoms with E-state index in [4.69, 9.17) is 0 Å². The molecule has 0 saturated carbocycles. The maximum absolute atomic E-state index is 12.8. The summed E-state index contributed by atoms with van der Waals surface area (Å²) in [6.45, 7) is 5.78. The predicted molar refractivity (Wildman–Crippen MR) is 93.1 cm³/mol. The minimum absolute atomic E-state index is 0.0976. The molecule has 1 spiro atoms. The maximum Gasteiger partial charge on any atom is 0.255 e. The van der Waals surface area contributed by atoms with Gasteiger partial charge in [-0.2, -0.15) is 0 Å². The summed E-state index contributed by atoms with van der Waals surface area (Å²) in [6, 6.07) is 5.53. The molecule has 3 amide bonds. The van der Waals surface area contributed by atoms with E-state index in [-0.39, 0.29) is 24.1 Å². The number of benzene rings is 1. The van der Waals surface area contributed by atoms with E-state index in [2.05, 4.69) is 21.6 Å². The Morgan fingerprint density at radius 3 is 2.65 bits per heavy atom. The van der Waals surface area contributed by atoms with Gasteiger partial charge in [0, 0.05) is 56.7 Å². The Balaban J connectivity index is 1.28. The van der Waals surface area contributed by atoms with Crippen molar-refractivity contribution in [2.75, 3.05) is 26.2 Å². The Morgan fingerprint density at radius 1 is 1.15 bits per heavy atom. The lowest BCUT2D eigenvalue weighted by molar-refractivity contribution is -0.136. The molecule has 0 aromatic heterocycles. The van der Waals surface area contributed by atoms with Crippen LogP contribution in [0.25, 0.3) is 0 Å². The fourth-order valence-electron chi connectivity index (χ4n) is 4.67. The number of carbonyl (C=O) groups excluding carboxylic acids is 3. The van der Waals surface area contributed by atoms with Crippen LogP contribution in [0.3, 0.4) is 0 Å². The quantitative estimate of drug-likeness (QED) is 0.738. The summed E-state index contributed by atoms with van der Waals surface area (Å²) in [5.41, 5.74) is 3.30. The van der Waals surface area contributed by atoms with Crippen LogP contribution >= 0.6 is 0 Å². The van der Waals surface area contributed by atoms with Crippen molar-refractivity contribution in [1.29, 1.82) is 0 Å². The Bertz CT molecular complexity index is 809. The van der Waals surface area contributed by atoms with Crippen molar-refractivity contribution in [3.05, 3.63) is 34.9 Å². The Morgan fingerprint density at radius 2 is 1.96 bits per heavy atom. The molecule has 1 aromatic carbocycles. The van der Waals surface area contributed by atoms with E-state index in [9.17, 15) is 14.4 Å². The zero-order chi connectivity index (χ0) is 17.9. The van der Waals surface area contributed by atoms with Crippen LogP contribution in [-0.4, -0.2) is 59.7 Å². The summed E-state index contributed by atoms with van der Waals surface area (Å²) >= 11 is 0. The second-order valence-corrected chi connectivity index (χ2v) is 8.14. The van der Waals surface area contributed by atoms with Gasteiger partial charge in [-0.1, -0.05) is 12.1 Å². The molecule has 0 bridgehead atoms. The highest BCUT2D eigenvalue weighted by atomic mass is 16.2. The summed E-state index contributed by atoms with van der Waals surface area (Å²) in [6.07, 6.45) is 0.689. The first kappa shape index (κ1) is 16.0. The minimum Gasteiger partial charge on any atom is -0.322 e. The van der Waals surface area contributed by atoms with Crippen molar-refractivity contribution in [3.63, 3.8) is 0 Å². The van der Waals surface area contributed by atoms with E-state index in [0.717, 1.165) is 43.9 Å². The number of imide groups is 1. The summed E-state index contributed by atoms with van der Waals surface area (Å²) in [5.74, 6) is -0.714. The zero-order valence-corrected chi connectivity index (χ0v) is 14.6. The predicted octanol–water partition coefficient (Wildman–Crippen LogP) is -0.147. The highest BCUT2D eigenvalue weighted by Gasteiger charge is 2.47. The number of hydrogen-bond acceptors (Lipinski definition) is 5. The molecule has 0 radical (unpaired) electrons. The topological polar surface area (TPSA) is 81.8 Å². The molecule has 4 heterocycles. The van der Waals surface area contributed by atoms with E-state index >= 15 is 0 Å². The molecule has 0 aliphatic carbocycles. The lowest BCUT2D eigenvalue weighted by Crippen LogP contribution is -2.70. The molecule has 7 heteroatoms. The number of nitrogens with one attached hydrogen (secondary N) is 2. The standard InChI is InChI=1S/C19H22N4O3/c24-16-4-3-15(17(25)21-16)23-7-13-2-1-12(5-14(13)18(23)26)6-22-10-19(11-22)8-20-9-19/h1-2,5,15,20H,3-4,6-11H2,(H,21,24,25). The monoisotopic (exact) mass is 354 g/mol. The smallest absolute Gasteiger partial charge is 0.255 e. The highest BCUT2D eigenvalue weighted by Crippen LogP contribution is 2.35. The first-order valence-corrected chi connectivity index (χ1v) is 9.23. The normalized spacial score (nSPS) is 27.2. The van der Waals surface area contributed by atoms with E-state index in [1.807, 2.05) is 12.1 Å². The SMILES string of the molecule is O=C1CCC(N2Cc3ccc(CN4CC5(CNC5)C4)cc3C2=O)C(=O)N1.